The summed E-state index contributed by atoms with van der Waals surface area (Å²) in [5, 5.41) is 7.43. The fourth-order valence-electron chi connectivity index (χ4n) is 2.53. The van der Waals surface area contributed by atoms with E-state index in [2.05, 4.69) is 15.5 Å². The van der Waals surface area contributed by atoms with Gasteiger partial charge in [0.2, 0.25) is 17.6 Å². The summed E-state index contributed by atoms with van der Waals surface area (Å²) in [6.07, 6.45) is 0. The Morgan fingerprint density at radius 1 is 1.21 bits per heavy atom. The first kappa shape index (κ1) is 21.0. The Morgan fingerprint density at radius 3 is 2.83 bits per heavy atom. The number of aromatic nitrogens is 2. The van der Waals surface area contributed by atoms with Gasteiger partial charge < -0.3 is 19.3 Å². The van der Waals surface area contributed by atoms with Crippen LogP contribution in [0.1, 0.15) is 11.5 Å². The van der Waals surface area contributed by atoms with E-state index in [1.807, 2.05) is 24.3 Å². The van der Waals surface area contributed by atoms with E-state index in [9.17, 15) is 4.79 Å². The Balaban J connectivity index is 1.51. The molecule has 3 aromatic rings. The molecule has 0 saturated heterocycles. The standard InChI is InChI=1S/C20H20ClN3O4S/c1-26-15-6-7-16(17(9-15)27-2)20-23-19(28-24-20)10-22-18(25)12-29-11-13-4-3-5-14(21)8-13/h3-9H,10-12H2,1-2H3,(H,22,25). The number of hydrogen-bond donors (Lipinski definition) is 1. The van der Waals surface area contributed by atoms with Crippen molar-refractivity contribution in [3.8, 4) is 22.9 Å². The minimum atomic E-state index is -0.112. The summed E-state index contributed by atoms with van der Waals surface area (Å²) in [5.74, 6) is 2.83. The van der Waals surface area contributed by atoms with E-state index in [0.717, 1.165) is 5.56 Å². The molecular weight excluding hydrogens is 414 g/mol. The Bertz CT molecular complexity index is 980. The highest BCUT2D eigenvalue weighted by atomic mass is 35.5. The molecule has 0 aliphatic carbocycles. The van der Waals surface area contributed by atoms with Gasteiger partial charge in [-0.05, 0) is 29.8 Å². The lowest BCUT2D eigenvalue weighted by molar-refractivity contribution is -0.118. The van der Waals surface area contributed by atoms with E-state index < -0.39 is 0 Å². The fraction of sp³-hybridized carbons (Fsp3) is 0.250. The largest absolute Gasteiger partial charge is 0.497 e. The minimum absolute atomic E-state index is 0.112. The molecule has 1 aromatic heterocycles. The number of carbonyl (C=O) groups excluding carboxylic acids is 1. The van der Waals surface area contributed by atoms with Crippen molar-refractivity contribution in [1.82, 2.24) is 15.5 Å². The zero-order valence-electron chi connectivity index (χ0n) is 16.0. The molecule has 1 N–H and O–H groups in total. The summed E-state index contributed by atoms with van der Waals surface area (Å²) in [7, 11) is 3.14. The molecule has 152 valence electrons. The van der Waals surface area contributed by atoms with Crippen LogP contribution >= 0.6 is 23.4 Å². The molecule has 29 heavy (non-hydrogen) atoms. The minimum Gasteiger partial charge on any atom is -0.497 e. The van der Waals surface area contributed by atoms with Crippen LogP contribution in [0.4, 0.5) is 0 Å². The molecule has 2 aromatic carbocycles. The van der Waals surface area contributed by atoms with Gasteiger partial charge in [0.25, 0.3) is 0 Å². The van der Waals surface area contributed by atoms with Crippen molar-refractivity contribution in [2.24, 2.45) is 0 Å². The third-order valence-corrected chi connectivity index (χ3v) is 5.18. The van der Waals surface area contributed by atoms with E-state index in [1.165, 1.54) is 11.8 Å². The topological polar surface area (TPSA) is 86.5 Å². The lowest BCUT2D eigenvalue weighted by atomic mass is 10.2. The van der Waals surface area contributed by atoms with Crippen LogP contribution in [-0.2, 0) is 17.1 Å². The van der Waals surface area contributed by atoms with Crippen LogP contribution in [0.15, 0.2) is 47.0 Å². The molecule has 3 rings (SSSR count). The van der Waals surface area contributed by atoms with Gasteiger partial charge >= 0.3 is 0 Å². The summed E-state index contributed by atoms with van der Waals surface area (Å²) in [6.45, 7) is 0.155. The molecular formula is C20H20ClN3O4S. The van der Waals surface area contributed by atoms with Crippen LogP contribution in [0.5, 0.6) is 11.5 Å². The van der Waals surface area contributed by atoms with Crippen LogP contribution in [0.3, 0.4) is 0 Å². The van der Waals surface area contributed by atoms with Crippen LogP contribution in [-0.4, -0.2) is 36.0 Å². The number of nitrogens with one attached hydrogen (secondary N) is 1. The highest BCUT2D eigenvalue weighted by Gasteiger charge is 2.15. The Morgan fingerprint density at radius 2 is 2.07 bits per heavy atom. The van der Waals surface area contributed by atoms with Gasteiger partial charge in [-0.2, -0.15) is 4.98 Å². The maximum absolute atomic E-state index is 12.0. The van der Waals surface area contributed by atoms with Gasteiger partial charge in [-0.15, -0.1) is 11.8 Å². The number of thioether (sulfide) groups is 1. The van der Waals surface area contributed by atoms with Crippen molar-refractivity contribution in [3.63, 3.8) is 0 Å². The molecule has 0 unspecified atom stereocenters. The molecule has 0 fully saturated rings. The molecule has 1 heterocycles. The van der Waals surface area contributed by atoms with Crippen LogP contribution in [0.2, 0.25) is 5.02 Å². The summed E-state index contributed by atoms with van der Waals surface area (Å²) >= 11 is 7.46. The second kappa shape index (κ2) is 10.2. The Labute approximate surface area is 177 Å². The third kappa shape index (κ3) is 5.88. The quantitative estimate of drug-likeness (QED) is 0.546. The molecule has 9 heteroatoms. The van der Waals surface area contributed by atoms with Crippen molar-refractivity contribution >= 4 is 29.3 Å². The van der Waals surface area contributed by atoms with E-state index in [0.29, 0.717) is 45.3 Å². The number of nitrogens with zero attached hydrogens (tertiary/aromatic N) is 2. The highest BCUT2D eigenvalue weighted by Crippen LogP contribution is 2.31. The van der Waals surface area contributed by atoms with Gasteiger partial charge in [0.15, 0.2) is 0 Å². The van der Waals surface area contributed by atoms with Crippen molar-refractivity contribution in [2.75, 3.05) is 20.0 Å². The monoisotopic (exact) mass is 433 g/mol. The number of amides is 1. The molecule has 0 aliphatic rings. The number of hydrogen-bond acceptors (Lipinski definition) is 7. The summed E-state index contributed by atoms with van der Waals surface area (Å²) < 4.78 is 15.8. The van der Waals surface area contributed by atoms with E-state index in [-0.39, 0.29) is 12.5 Å². The first-order chi connectivity index (χ1) is 14.1. The van der Waals surface area contributed by atoms with Gasteiger partial charge in [0.05, 0.1) is 32.1 Å². The number of benzene rings is 2. The summed E-state index contributed by atoms with van der Waals surface area (Å²) in [4.78, 5) is 16.4. The van der Waals surface area contributed by atoms with Gasteiger partial charge in [-0.1, -0.05) is 28.9 Å². The smallest absolute Gasteiger partial charge is 0.246 e. The predicted octanol–water partition coefficient (Wildman–Crippen LogP) is 3.96. The van der Waals surface area contributed by atoms with Gasteiger partial charge in [0, 0.05) is 16.8 Å². The van der Waals surface area contributed by atoms with Crippen molar-refractivity contribution < 1.29 is 18.8 Å². The first-order valence-electron chi connectivity index (χ1n) is 8.73. The van der Waals surface area contributed by atoms with Crippen LogP contribution < -0.4 is 14.8 Å². The van der Waals surface area contributed by atoms with E-state index >= 15 is 0 Å². The summed E-state index contributed by atoms with van der Waals surface area (Å²) in [6, 6.07) is 12.9. The van der Waals surface area contributed by atoms with Gasteiger partial charge in [-0.25, -0.2) is 0 Å². The van der Waals surface area contributed by atoms with Gasteiger partial charge in [0.1, 0.15) is 11.5 Å². The molecule has 0 spiro atoms. The van der Waals surface area contributed by atoms with Crippen molar-refractivity contribution in [3.05, 3.63) is 58.9 Å². The SMILES string of the molecule is COc1ccc(-c2noc(CNC(=O)CSCc3cccc(Cl)c3)n2)c(OC)c1. The van der Waals surface area contributed by atoms with Crippen LogP contribution in [0, 0.1) is 0 Å². The Hall–Kier alpha value is -2.71. The molecule has 0 atom stereocenters. The molecule has 0 bridgehead atoms. The highest BCUT2D eigenvalue weighted by molar-refractivity contribution is 7.99. The van der Waals surface area contributed by atoms with Gasteiger partial charge in [-0.3, -0.25) is 4.79 Å². The number of methoxy groups -OCH3 is 2. The second-order valence-electron chi connectivity index (χ2n) is 5.98. The first-order valence-corrected chi connectivity index (χ1v) is 10.3. The van der Waals surface area contributed by atoms with E-state index in [4.69, 9.17) is 25.6 Å². The molecule has 0 radical (unpaired) electrons. The number of carbonyl (C=O) groups is 1. The predicted molar refractivity (Wildman–Crippen MR) is 112 cm³/mol. The number of halogens is 1. The fourth-order valence-corrected chi connectivity index (χ4v) is 3.55. The maximum Gasteiger partial charge on any atom is 0.246 e. The second-order valence-corrected chi connectivity index (χ2v) is 7.40. The van der Waals surface area contributed by atoms with E-state index in [1.54, 1.807) is 32.4 Å². The number of ether oxygens (including phenoxy) is 2. The summed E-state index contributed by atoms with van der Waals surface area (Å²) in [5.41, 5.74) is 1.75. The average Bonchev–Trinajstić information content (AvgIpc) is 3.20. The van der Waals surface area contributed by atoms with Crippen molar-refractivity contribution in [2.45, 2.75) is 12.3 Å². The van der Waals surface area contributed by atoms with Crippen LogP contribution in [0.25, 0.3) is 11.4 Å². The third-order valence-electron chi connectivity index (χ3n) is 3.95. The van der Waals surface area contributed by atoms with Crippen molar-refractivity contribution in [1.29, 1.82) is 0 Å². The zero-order chi connectivity index (χ0) is 20.6. The molecule has 7 nitrogen and oxygen atoms in total. The lowest BCUT2D eigenvalue weighted by Gasteiger charge is -2.07. The lowest BCUT2D eigenvalue weighted by Crippen LogP contribution is -2.24. The average molecular weight is 434 g/mol. The molecule has 1 amide bonds. The zero-order valence-corrected chi connectivity index (χ0v) is 17.5. The molecule has 0 saturated carbocycles. The molecule has 0 aliphatic heterocycles. The maximum atomic E-state index is 12.0. The number of rotatable bonds is 9. The Kier molecular flexibility index (Phi) is 7.37. The normalized spacial score (nSPS) is 10.6.